The first-order valence-corrected chi connectivity index (χ1v) is 5.12. The van der Waals surface area contributed by atoms with E-state index in [4.69, 9.17) is 5.11 Å². The van der Waals surface area contributed by atoms with Crippen molar-refractivity contribution < 1.29 is 14.3 Å². The van der Waals surface area contributed by atoms with Gasteiger partial charge in [0.15, 0.2) is 5.82 Å². The smallest absolute Gasteiger partial charge is 0.306 e. The molecule has 0 bridgehead atoms. The molecule has 1 aliphatic carbocycles. The fraction of sp³-hybridized carbons (Fsp3) is 0.500. The van der Waals surface area contributed by atoms with Crippen LogP contribution in [0.15, 0.2) is 12.4 Å². The zero-order valence-corrected chi connectivity index (χ0v) is 8.56. The monoisotopic (exact) mass is 225 g/mol. The first-order chi connectivity index (χ1) is 7.65. The van der Waals surface area contributed by atoms with E-state index in [0.717, 1.165) is 18.8 Å². The lowest BCUT2D eigenvalue weighted by molar-refractivity contribution is -0.141. The van der Waals surface area contributed by atoms with E-state index in [-0.39, 0.29) is 12.0 Å². The number of aromatic nitrogens is 2. The molecule has 16 heavy (non-hydrogen) atoms. The summed E-state index contributed by atoms with van der Waals surface area (Å²) in [7, 11) is 0. The van der Waals surface area contributed by atoms with Crippen LogP contribution >= 0.6 is 0 Å². The normalized spacial score (nSPS) is 24.3. The molecule has 1 aromatic heterocycles. The largest absolute Gasteiger partial charge is 0.481 e. The van der Waals surface area contributed by atoms with Gasteiger partial charge < -0.3 is 10.4 Å². The number of aliphatic carboxylic acids is 1. The molecule has 0 aliphatic heterocycles. The molecule has 1 fully saturated rings. The summed E-state index contributed by atoms with van der Waals surface area (Å²) in [6, 6.07) is 0.0616. The minimum Gasteiger partial charge on any atom is -0.481 e. The molecule has 2 atom stereocenters. The lowest BCUT2D eigenvalue weighted by Crippen LogP contribution is -2.19. The number of carboxylic acid groups (broad SMARTS) is 1. The van der Waals surface area contributed by atoms with E-state index in [0.29, 0.717) is 18.8 Å². The summed E-state index contributed by atoms with van der Waals surface area (Å²) < 4.78 is 12.5. The maximum Gasteiger partial charge on any atom is 0.306 e. The van der Waals surface area contributed by atoms with Crippen LogP contribution in [0.3, 0.4) is 0 Å². The van der Waals surface area contributed by atoms with Gasteiger partial charge in [0.05, 0.1) is 18.3 Å². The molecule has 1 aliphatic rings. The van der Waals surface area contributed by atoms with Gasteiger partial charge in [-0.15, -0.1) is 0 Å². The number of halogens is 1. The van der Waals surface area contributed by atoms with Gasteiger partial charge in [0.25, 0.3) is 0 Å². The third-order valence-corrected chi connectivity index (χ3v) is 2.74. The minimum absolute atomic E-state index is 0.0616. The number of hydrogen-bond donors (Lipinski definition) is 2. The molecular formula is C10H12FN3O2. The van der Waals surface area contributed by atoms with Gasteiger partial charge in [-0.3, -0.25) is 4.79 Å². The van der Waals surface area contributed by atoms with Gasteiger partial charge in [0, 0.05) is 6.04 Å². The van der Waals surface area contributed by atoms with E-state index in [2.05, 4.69) is 15.3 Å². The van der Waals surface area contributed by atoms with Crippen LogP contribution < -0.4 is 5.32 Å². The van der Waals surface area contributed by atoms with E-state index < -0.39 is 11.8 Å². The number of carboxylic acids is 1. The number of nitrogens with zero attached hydrogens (tertiary/aromatic N) is 2. The molecule has 86 valence electrons. The second-order valence-electron chi connectivity index (χ2n) is 3.91. The number of anilines is 1. The van der Waals surface area contributed by atoms with Crippen molar-refractivity contribution in [2.45, 2.75) is 25.3 Å². The Kier molecular flexibility index (Phi) is 2.98. The third kappa shape index (κ3) is 2.44. The van der Waals surface area contributed by atoms with Crippen LogP contribution in [0.2, 0.25) is 0 Å². The van der Waals surface area contributed by atoms with Gasteiger partial charge in [-0.05, 0) is 19.3 Å². The molecule has 2 N–H and O–H groups in total. The first kappa shape index (κ1) is 10.8. The number of hydrogen-bond acceptors (Lipinski definition) is 4. The Morgan fingerprint density at radius 2 is 2.12 bits per heavy atom. The van der Waals surface area contributed by atoms with Crippen molar-refractivity contribution in [3.63, 3.8) is 0 Å². The highest BCUT2D eigenvalue weighted by Gasteiger charge is 2.29. The standard InChI is InChI=1S/C10H12FN3O2/c11-7-4-12-10(13-5-7)14-8-2-1-6(3-8)9(15)16/h4-6,8H,1-3H2,(H,15,16)(H,12,13,14). The molecule has 6 heteroatoms. The summed E-state index contributed by atoms with van der Waals surface area (Å²) >= 11 is 0. The lowest BCUT2D eigenvalue weighted by atomic mass is 10.1. The predicted octanol–water partition coefficient (Wildman–Crippen LogP) is 1.28. The molecule has 0 radical (unpaired) electrons. The number of nitrogens with one attached hydrogen (secondary N) is 1. The Hall–Kier alpha value is -1.72. The van der Waals surface area contributed by atoms with Gasteiger partial charge in [-0.2, -0.15) is 0 Å². The molecule has 1 saturated carbocycles. The molecule has 0 amide bonds. The van der Waals surface area contributed by atoms with E-state index >= 15 is 0 Å². The molecule has 1 aromatic rings. The molecule has 0 aromatic carbocycles. The summed E-state index contributed by atoms with van der Waals surface area (Å²) in [5.74, 6) is -1.19. The quantitative estimate of drug-likeness (QED) is 0.810. The molecule has 2 unspecified atom stereocenters. The fourth-order valence-electron chi connectivity index (χ4n) is 1.91. The Morgan fingerprint density at radius 1 is 1.44 bits per heavy atom. The van der Waals surface area contributed by atoms with E-state index in [1.807, 2.05) is 0 Å². The first-order valence-electron chi connectivity index (χ1n) is 5.12. The Morgan fingerprint density at radius 3 is 2.69 bits per heavy atom. The maximum absolute atomic E-state index is 12.5. The van der Waals surface area contributed by atoms with Crippen molar-refractivity contribution in [1.29, 1.82) is 0 Å². The van der Waals surface area contributed by atoms with Crippen LogP contribution in [0, 0.1) is 11.7 Å². The Balaban J connectivity index is 1.92. The van der Waals surface area contributed by atoms with Crippen molar-refractivity contribution in [3.05, 3.63) is 18.2 Å². The van der Waals surface area contributed by atoms with Crippen LogP contribution in [-0.2, 0) is 4.79 Å². The molecule has 5 nitrogen and oxygen atoms in total. The van der Waals surface area contributed by atoms with E-state index in [1.54, 1.807) is 0 Å². The van der Waals surface area contributed by atoms with Gasteiger partial charge in [-0.1, -0.05) is 0 Å². The average Bonchev–Trinajstić information content (AvgIpc) is 2.70. The SMILES string of the molecule is O=C(O)C1CCC(Nc2ncc(F)cn2)C1. The van der Waals surface area contributed by atoms with Crippen LogP contribution in [-0.4, -0.2) is 27.1 Å². The highest BCUT2D eigenvalue weighted by Crippen LogP contribution is 2.27. The molecule has 0 saturated heterocycles. The van der Waals surface area contributed by atoms with Gasteiger partial charge in [-0.25, -0.2) is 14.4 Å². The van der Waals surface area contributed by atoms with Crippen LogP contribution in [0.4, 0.5) is 10.3 Å². The Labute approximate surface area is 91.7 Å². The van der Waals surface area contributed by atoms with Gasteiger partial charge >= 0.3 is 5.97 Å². The van der Waals surface area contributed by atoms with Crippen molar-refractivity contribution >= 4 is 11.9 Å². The van der Waals surface area contributed by atoms with Crippen LogP contribution in [0.5, 0.6) is 0 Å². The molecule has 0 spiro atoms. The third-order valence-electron chi connectivity index (χ3n) is 2.74. The fourth-order valence-corrected chi connectivity index (χ4v) is 1.91. The van der Waals surface area contributed by atoms with Crippen molar-refractivity contribution in [2.75, 3.05) is 5.32 Å². The number of rotatable bonds is 3. The van der Waals surface area contributed by atoms with E-state index in [9.17, 15) is 9.18 Å². The zero-order chi connectivity index (χ0) is 11.5. The van der Waals surface area contributed by atoms with Crippen LogP contribution in [0.25, 0.3) is 0 Å². The highest BCUT2D eigenvalue weighted by molar-refractivity contribution is 5.70. The lowest BCUT2D eigenvalue weighted by Gasteiger charge is -2.11. The summed E-state index contributed by atoms with van der Waals surface area (Å²) in [5, 5.41) is 11.8. The van der Waals surface area contributed by atoms with Crippen molar-refractivity contribution in [2.24, 2.45) is 5.92 Å². The predicted molar refractivity (Wildman–Crippen MR) is 54.4 cm³/mol. The minimum atomic E-state index is -0.760. The topological polar surface area (TPSA) is 75.1 Å². The summed E-state index contributed by atoms with van der Waals surface area (Å²) in [4.78, 5) is 18.3. The average molecular weight is 225 g/mol. The van der Waals surface area contributed by atoms with Crippen LogP contribution in [0.1, 0.15) is 19.3 Å². The van der Waals surface area contributed by atoms with E-state index in [1.165, 1.54) is 0 Å². The van der Waals surface area contributed by atoms with Crippen molar-refractivity contribution in [3.8, 4) is 0 Å². The van der Waals surface area contributed by atoms with Gasteiger partial charge in [0.1, 0.15) is 0 Å². The summed E-state index contributed by atoms with van der Waals surface area (Å²) in [6.07, 6.45) is 4.17. The Bertz CT molecular complexity index is 382. The van der Waals surface area contributed by atoms with Gasteiger partial charge in [0.2, 0.25) is 5.95 Å². The number of carbonyl (C=O) groups is 1. The molecule has 2 rings (SSSR count). The summed E-state index contributed by atoms with van der Waals surface area (Å²) in [5.41, 5.74) is 0. The second kappa shape index (κ2) is 4.42. The molecular weight excluding hydrogens is 213 g/mol. The second-order valence-corrected chi connectivity index (χ2v) is 3.91. The zero-order valence-electron chi connectivity index (χ0n) is 8.56. The van der Waals surface area contributed by atoms with Crippen molar-refractivity contribution in [1.82, 2.24) is 9.97 Å². The molecule has 1 heterocycles. The highest BCUT2D eigenvalue weighted by atomic mass is 19.1. The maximum atomic E-state index is 12.5. The summed E-state index contributed by atoms with van der Waals surface area (Å²) in [6.45, 7) is 0.